The van der Waals surface area contributed by atoms with Crippen LogP contribution in [0.2, 0.25) is 5.15 Å². The van der Waals surface area contributed by atoms with E-state index in [2.05, 4.69) is 32.0 Å². The SMILES string of the molecule is CCN(CCC#N)c1ncnc(Cl)c1Br. The van der Waals surface area contributed by atoms with Crippen molar-refractivity contribution in [2.24, 2.45) is 0 Å². The Bertz CT molecular complexity index is 377. The Morgan fingerprint density at radius 1 is 1.60 bits per heavy atom. The number of rotatable bonds is 4. The molecule has 1 aromatic rings. The Balaban J connectivity index is 2.92. The zero-order valence-electron chi connectivity index (χ0n) is 8.24. The van der Waals surface area contributed by atoms with E-state index >= 15 is 0 Å². The molecule has 1 heterocycles. The molecule has 15 heavy (non-hydrogen) atoms. The normalized spacial score (nSPS) is 9.73. The molecule has 0 unspecified atom stereocenters. The summed E-state index contributed by atoms with van der Waals surface area (Å²) in [6.07, 6.45) is 1.87. The van der Waals surface area contributed by atoms with Crippen molar-refractivity contribution < 1.29 is 0 Å². The zero-order chi connectivity index (χ0) is 11.3. The Labute approximate surface area is 102 Å². The van der Waals surface area contributed by atoms with E-state index < -0.39 is 0 Å². The van der Waals surface area contributed by atoms with E-state index in [1.165, 1.54) is 6.33 Å². The third-order valence-electron chi connectivity index (χ3n) is 1.90. The Kier molecular flexibility index (Phi) is 4.79. The lowest BCUT2D eigenvalue weighted by Crippen LogP contribution is -2.25. The van der Waals surface area contributed by atoms with E-state index in [-0.39, 0.29) is 0 Å². The van der Waals surface area contributed by atoms with Crippen LogP contribution in [0.4, 0.5) is 5.82 Å². The van der Waals surface area contributed by atoms with Crippen LogP contribution in [0.1, 0.15) is 13.3 Å². The molecule has 4 nitrogen and oxygen atoms in total. The van der Waals surface area contributed by atoms with E-state index in [1.807, 2.05) is 11.8 Å². The van der Waals surface area contributed by atoms with Crippen molar-refractivity contribution in [2.75, 3.05) is 18.0 Å². The van der Waals surface area contributed by atoms with Gasteiger partial charge in [0, 0.05) is 13.1 Å². The summed E-state index contributed by atoms with van der Waals surface area (Å²) in [5.74, 6) is 0.729. The molecule has 0 aliphatic heterocycles. The van der Waals surface area contributed by atoms with Crippen molar-refractivity contribution in [3.8, 4) is 6.07 Å². The van der Waals surface area contributed by atoms with Gasteiger partial charge in [0.15, 0.2) is 0 Å². The van der Waals surface area contributed by atoms with E-state index in [1.54, 1.807) is 0 Å². The van der Waals surface area contributed by atoms with Gasteiger partial charge >= 0.3 is 0 Å². The monoisotopic (exact) mass is 288 g/mol. The summed E-state index contributed by atoms with van der Waals surface area (Å²) < 4.78 is 0.673. The lowest BCUT2D eigenvalue weighted by molar-refractivity contribution is 0.804. The van der Waals surface area contributed by atoms with Gasteiger partial charge in [0.05, 0.1) is 17.0 Å². The van der Waals surface area contributed by atoms with Crippen LogP contribution in [0.5, 0.6) is 0 Å². The molecule has 0 fully saturated rings. The van der Waals surface area contributed by atoms with Crippen LogP contribution >= 0.6 is 27.5 Å². The standard InChI is InChI=1S/C9H10BrClN4/c1-2-15(5-3-4-12)9-7(10)8(11)13-6-14-9/h6H,2-3,5H2,1H3. The van der Waals surface area contributed by atoms with Gasteiger partial charge in [-0.25, -0.2) is 9.97 Å². The fourth-order valence-electron chi connectivity index (χ4n) is 1.16. The predicted molar refractivity (Wildman–Crippen MR) is 62.9 cm³/mol. The van der Waals surface area contributed by atoms with Crippen LogP contribution in [-0.2, 0) is 0 Å². The second-order valence-corrected chi connectivity index (χ2v) is 3.94. The first-order valence-electron chi connectivity index (χ1n) is 4.48. The lowest BCUT2D eigenvalue weighted by Gasteiger charge is -2.21. The highest BCUT2D eigenvalue weighted by molar-refractivity contribution is 9.10. The molecule has 80 valence electrons. The van der Waals surface area contributed by atoms with E-state index in [4.69, 9.17) is 16.9 Å². The summed E-state index contributed by atoms with van der Waals surface area (Å²) in [6.45, 7) is 3.41. The molecule has 0 aromatic carbocycles. The number of halogens is 2. The van der Waals surface area contributed by atoms with Crippen LogP contribution in [0.25, 0.3) is 0 Å². The molecule has 0 aliphatic carbocycles. The molecular weight excluding hydrogens is 279 g/mol. The molecule has 0 saturated carbocycles. The van der Waals surface area contributed by atoms with Gasteiger partial charge in [-0.3, -0.25) is 0 Å². The smallest absolute Gasteiger partial charge is 0.148 e. The van der Waals surface area contributed by atoms with Crippen molar-refractivity contribution in [3.63, 3.8) is 0 Å². The van der Waals surface area contributed by atoms with E-state index in [9.17, 15) is 0 Å². The summed E-state index contributed by atoms with van der Waals surface area (Å²) >= 11 is 9.19. The van der Waals surface area contributed by atoms with E-state index in [0.717, 1.165) is 12.4 Å². The van der Waals surface area contributed by atoms with Gasteiger partial charge in [0.1, 0.15) is 17.3 Å². The van der Waals surface area contributed by atoms with Crippen molar-refractivity contribution in [3.05, 3.63) is 16.0 Å². The van der Waals surface area contributed by atoms with Crippen LogP contribution in [-0.4, -0.2) is 23.1 Å². The first-order valence-corrected chi connectivity index (χ1v) is 5.65. The highest BCUT2D eigenvalue weighted by Gasteiger charge is 2.12. The average Bonchev–Trinajstić information content (AvgIpc) is 2.25. The van der Waals surface area contributed by atoms with Crippen LogP contribution in [0, 0.1) is 11.3 Å². The molecule has 6 heteroatoms. The van der Waals surface area contributed by atoms with Crippen LogP contribution in [0.3, 0.4) is 0 Å². The molecular formula is C9H10BrClN4. The maximum absolute atomic E-state index is 8.53. The highest BCUT2D eigenvalue weighted by atomic mass is 79.9. The molecule has 0 spiro atoms. The highest BCUT2D eigenvalue weighted by Crippen LogP contribution is 2.28. The van der Waals surface area contributed by atoms with Crippen molar-refractivity contribution in [1.82, 2.24) is 9.97 Å². The molecule has 0 saturated heterocycles. The van der Waals surface area contributed by atoms with Crippen molar-refractivity contribution >= 4 is 33.3 Å². The maximum atomic E-state index is 8.53. The summed E-state index contributed by atoms with van der Waals surface area (Å²) in [5, 5.41) is 8.92. The average molecular weight is 290 g/mol. The van der Waals surface area contributed by atoms with Gasteiger partial charge in [-0.15, -0.1) is 0 Å². The maximum Gasteiger partial charge on any atom is 0.148 e. The van der Waals surface area contributed by atoms with Gasteiger partial charge in [-0.05, 0) is 22.9 Å². The molecule has 1 aromatic heterocycles. The number of hydrogen-bond acceptors (Lipinski definition) is 4. The number of aromatic nitrogens is 2. The first-order chi connectivity index (χ1) is 7.20. The zero-order valence-corrected chi connectivity index (χ0v) is 10.6. The number of nitrogens with zero attached hydrogens (tertiary/aromatic N) is 4. The summed E-state index contributed by atoms with van der Waals surface area (Å²) in [4.78, 5) is 9.96. The minimum Gasteiger partial charge on any atom is -0.355 e. The van der Waals surface area contributed by atoms with Gasteiger partial charge in [-0.1, -0.05) is 11.6 Å². The lowest BCUT2D eigenvalue weighted by atomic mass is 10.4. The summed E-state index contributed by atoms with van der Waals surface area (Å²) in [5.41, 5.74) is 0. The molecule has 0 bridgehead atoms. The largest absolute Gasteiger partial charge is 0.355 e. The first kappa shape index (κ1) is 12.2. The van der Waals surface area contributed by atoms with Gasteiger partial charge < -0.3 is 4.90 Å². The molecule has 0 radical (unpaired) electrons. The van der Waals surface area contributed by atoms with Gasteiger partial charge in [0.25, 0.3) is 0 Å². The van der Waals surface area contributed by atoms with Crippen molar-refractivity contribution in [1.29, 1.82) is 5.26 Å². The number of nitriles is 1. The van der Waals surface area contributed by atoms with Gasteiger partial charge in [-0.2, -0.15) is 5.26 Å². The topological polar surface area (TPSA) is 52.8 Å². The minimum atomic E-state index is 0.385. The van der Waals surface area contributed by atoms with Crippen LogP contribution in [0.15, 0.2) is 10.8 Å². The van der Waals surface area contributed by atoms with E-state index in [0.29, 0.717) is 22.6 Å². The predicted octanol–water partition coefficient (Wildman–Crippen LogP) is 2.63. The second-order valence-electron chi connectivity index (χ2n) is 2.79. The summed E-state index contributed by atoms with van der Waals surface area (Å²) in [6, 6.07) is 2.10. The third kappa shape index (κ3) is 3.05. The summed E-state index contributed by atoms with van der Waals surface area (Å²) in [7, 11) is 0. The minimum absolute atomic E-state index is 0.385. The number of hydrogen-bond donors (Lipinski definition) is 0. The molecule has 0 amide bonds. The molecule has 1 rings (SSSR count). The quantitative estimate of drug-likeness (QED) is 0.800. The molecule has 0 aliphatic rings. The van der Waals surface area contributed by atoms with Crippen LogP contribution < -0.4 is 4.90 Å². The number of anilines is 1. The Morgan fingerprint density at radius 3 is 2.93 bits per heavy atom. The van der Waals surface area contributed by atoms with Gasteiger partial charge in [0.2, 0.25) is 0 Å². The molecule has 0 atom stereocenters. The Morgan fingerprint density at radius 2 is 2.33 bits per heavy atom. The Hall–Kier alpha value is -0.860. The van der Waals surface area contributed by atoms with Crippen molar-refractivity contribution in [2.45, 2.75) is 13.3 Å². The fraction of sp³-hybridized carbons (Fsp3) is 0.444. The third-order valence-corrected chi connectivity index (χ3v) is 3.15. The second kappa shape index (κ2) is 5.89. The molecule has 0 N–H and O–H groups in total. The fourth-order valence-corrected chi connectivity index (χ4v) is 1.74.